The maximum Gasteiger partial charge on any atom is 0.161 e. The Morgan fingerprint density at radius 2 is 1.21 bits per heavy atom. The number of aryl methyl sites for hydroxylation is 5. The fourth-order valence-corrected chi connectivity index (χ4v) is 7.94. The van der Waals surface area contributed by atoms with Crippen LogP contribution in [0.1, 0.15) is 22.9 Å². The van der Waals surface area contributed by atoms with E-state index in [4.69, 9.17) is 30.1 Å². The van der Waals surface area contributed by atoms with Gasteiger partial charge >= 0.3 is 0 Å². The molecule has 56 heavy (non-hydrogen) atoms. The molecule has 14 heteroatoms. The summed E-state index contributed by atoms with van der Waals surface area (Å²) in [6, 6.07) is 20.1. The summed E-state index contributed by atoms with van der Waals surface area (Å²) < 4.78 is 23.9. The molecule has 0 spiro atoms. The lowest BCUT2D eigenvalue weighted by molar-refractivity contribution is 0.393. The van der Waals surface area contributed by atoms with Crippen molar-refractivity contribution in [3.8, 4) is 33.8 Å². The molecule has 0 saturated heterocycles. The largest absolute Gasteiger partial charge is 0.496 e. The zero-order valence-corrected chi connectivity index (χ0v) is 32.4. The number of aromatic nitrogens is 8. The van der Waals surface area contributed by atoms with Crippen LogP contribution in [0.4, 0.5) is 11.6 Å². The molecule has 0 atom stereocenters. The Morgan fingerprint density at radius 1 is 0.661 bits per heavy atom. The second kappa shape index (κ2) is 13.5. The van der Waals surface area contributed by atoms with Gasteiger partial charge in [0.05, 0.1) is 58.7 Å². The summed E-state index contributed by atoms with van der Waals surface area (Å²) in [6.07, 6.45) is 3.48. The fourth-order valence-electron chi connectivity index (χ4n) is 7.68. The number of para-hydroxylation sites is 1. The Morgan fingerprint density at radius 3 is 1.79 bits per heavy atom. The van der Waals surface area contributed by atoms with Crippen LogP contribution >= 0.6 is 11.6 Å². The lowest BCUT2D eigenvalue weighted by atomic mass is 10.0. The van der Waals surface area contributed by atoms with Gasteiger partial charge in [0.25, 0.3) is 0 Å². The van der Waals surface area contributed by atoms with Gasteiger partial charge in [-0.1, -0.05) is 34.0 Å². The van der Waals surface area contributed by atoms with Gasteiger partial charge in [-0.05, 0) is 76.2 Å². The molecule has 0 amide bonds. The molecular weight excluding hydrogens is 730 g/mol. The van der Waals surface area contributed by atoms with Gasteiger partial charge in [0.2, 0.25) is 0 Å². The summed E-state index contributed by atoms with van der Waals surface area (Å²) in [5.41, 5.74) is 10.3. The van der Waals surface area contributed by atoms with Gasteiger partial charge in [0.15, 0.2) is 5.82 Å². The molecule has 0 fully saturated rings. The molecule has 0 aliphatic carbocycles. The molecule has 0 aliphatic heterocycles. The van der Waals surface area contributed by atoms with E-state index in [1.807, 2.05) is 88.0 Å². The van der Waals surface area contributed by atoms with Crippen LogP contribution in [0.25, 0.3) is 76.8 Å². The molecule has 3 N–H and O–H groups in total. The average Bonchev–Trinajstić information content (AvgIpc) is 4.00. The van der Waals surface area contributed by atoms with Crippen LogP contribution < -0.4 is 14.8 Å². The highest BCUT2D eigenvalue weighted by atomic mass is 35.5. The minimum Gasteiger partial charge on any atom is -0.496 e. The highest BCUT2D eigenvalue weighted by Gasteiger charge is 2.22. The zero-order chi connectivity index (χ0) is 38.8. The number of H-pyrrole nitrogens is 2. The molecule has 0 saturated carbocycles. The molecule has 0 radical (unpaired) electrons. The Balaban J connectivity index is 0.000000156. The third kappa shape index (κ3) is 5.58. The predicted molar refractivity (Wildman–Crippen MR) is 219 cm³/mol. The number of rotatable bonds is 6. The van der Waals surface area contributed by atoms with Crippen LogP contribution in [0.5, 0.6) is 11.5 Å². The van der Waals surface area contributed by atoms with Crippen molar-refractivity contribution in [2.45, 2.75) is 27.7 Å². The van der Waals surface area contributed by atoms with Gasteiger partial charge in [-0.2, -0.15) is 5.10 Å². The standard InChI is InChI=1S/C25H22N6O2.C17H14ClN3O2/c1-13-22(14(2)33-30-13)17-11-19-16(12-21(17)32-4)23-18(27-19)9-10-26-25(23)28-24-15-7-5-6-8-20(15)31(3)29-24;1-8-15(9(2)23-21-8)11-6-13-10(7-14(11)22-3)16-12(20-13)4-5-19-17(16)18/h5-12,27H,1-4H3,(H,26,28,29);4-7,20H,1-3H3. The molecule has 7 heterocycles. The molecular formula is C42H36ClN9O4. The topological polar surface area (TPSA) is 158 Å². The van der Waals surface area contributed by atoms with Crippen molar-refractivity contribution >= 4 is 77.8 Å². The van der Waals surface area contributed by atoms with E-state index < -0.39 is 0 Å². The normalized spacial score (nSPS) is 11.6. The SMILES string of the molecule is COc1cc2c(cc1-c1c(C)noc1C)[nH]c1ccnc(Cl)c12.COc1cc2c(cc1-c1c(C)noc1C)[nH]c1ccnc(Nc3nn(C)c4ccccc34)c12. The van der Waals surface area contributed by atoms with Crippen LogP contribution in [0.3, 0.4) is 0 Å². The molecule has 7 aromatic heterocycles. The lowest BCUT2D eigenvalue weighted by Gasteiger charge is -2.09. The molecule has 13 nitrogen and oxygen atoms in total. The number of hydrogen-bond donors (Lipinski definition) is 3. The predicted octanol–water partition coefficient (Wildman–Crippen LogP) is 10.3. The number of halogens is 1. The molecule has 0 aliphatic rings. The van der Waals surface area contributed by atoms with Crippen molar-refractivity contribution < 1.29 is 18.5 Å². The van der Waals surface area contributed by atoms with Crippen LogP contribution in [0, 0.1) is 27.7 Å². The van der Waals surface area contributed by atoms with Gasteiger partial charge in [0, 0.05) is 63.1 Å². The number of fused-ring (bicyclic) bond motifs is 7. The highest BCUT2D eigenvalue weighted by Crippen LogP contribution is 2.43. The number of anilines is 2. The Kier molecular flexibility index (Phi) is 8.39. The monoisotopic (exact) mass is 765 g/mol. The van der Waals surface area contributed by atoms with Crippen LogP contribution in [0.2, 0.25) is 5.15 Å². The number of aromatic amines is 2. The highest BCUT2D eigenvalue weighted by molar-refractivity contribution is 6.36. The minimum absolute atomic E-state index is 0.473. The zero-order valence-electron chi connectivity index (χ0n) is 31.6. The van der Waals surface area contributed by atoms with Crippen molar-refractivity contribution in [3.63, 3.8) is 0 Å². The van der Waals surface area contributed by atoms with E-state index in [9.17, 15) is 0 Å². The average molecular weight is 766 g/mol. The van der Waals surface area contributed by atoms with E-state index >= 15 is 0 Å². The molecule has 0 unspecified atom stereocenters. The molecule has 3 aromatic carbocycles. The first-order chi connectivity index (χ1) is 27.1. The quantitative estimate of drug-likeness (QED) is 0.139. The fraction of sp³-hybridized carbons (Fsp3) is 0.167. The molecule has 280 valence electrons. The summed E-state index contributed by atoms with van der Waals surface area (Å²) in [6.45, 7) is 7.66. The van der Waals surface area contributed by atoms with E-state index in [1.165, 1.54) is 0 Å². The second-order valence-electron chi connectivity index (χ2n) is 13.6. The smallest absolute Gasteiger partial charge is 0.161 e. The van der Waals surface area contributed by atoms with Crippen molar-refractivity contribution in [1.29, 1.82) is 0 Å². The third-order valence-corrected chi connectivity index (χ3v) is 10.5. The van der Waals surface area contributed by atoms with Crippen molar-refractivity contribution in [2.24, 2.45) is 7.05 Å². The Bertz CT molecular complexity index is 3090. The number of hydrogen-bond acceptors (Lipinski definition) is 10. The van der Waals surface area contributed by atoms with Crippen molar-refractivity contribution in [1.82, 2.24) is 40.0 Å². The Hall–Kier alpha value is -6.86. The summed E-state index contributed by atoms with van der Waals surface area (Å²) in [7, 11) is 5.26. The minimum atomic E-state index is 0.473. The number of methoxy groups -OCH3 is 2. The molecule has 10 aromatic rings. The first-order valence-corrected chi connectivity index (χ1v) is 18.2. The first-order valence-electron chi connectivity index (χ1n) is 17.8. The van der Waals surface area contributed by atoms with Gasteiger partial charge in [0.1, 0.15) is 34.0 Å². The van der Waals surface area contributed by atoms with E-state index in [2.05, 4.69) is 52.8 Å². The van der Waals surface area contributed by atoms with E-state index in [-0.39, 0.29) is 0 Å². The number of nitrogens with one attached hydrogen (secondary N) is 3. The van der Waals surface area contributed by atoms with Gasteiger partial charge in [-0.3, -0.25) is 4.68 Å². The van der Waals surface area contributed by atoms with Crippen LogP contribution in [0.15, 0.2) is 82.1 Å². The van der Waals surface area contributed by atoms with Gasteiger partial charge in [-0.25, -0.2) is 9.97 Å². The number of nitrogens with zero attached hydrogens (tertiary/aromatic N) is 6. The summed E-state index contributed by atoms with van der Waals surface area (Å²) in [5.74, 6) is 4.50. The summed E-state index contributed by atoms with van der Waals surface area (Å²) in [5, 5.41) is 21.6. The van der Waals surface area contributed by atoms with Gasteiger partial charge in [-0.15, -0.1) is 0 Å². The summed E-state index contributed by atoms with van der Waals surface area (Å²) >= 11 is 6.27. The lowest BCUT2D eigenvalue weighted by Crippen LogP contribution is -1.96. The molecule has 0 bridgehead atoms. The Labute approximate surface area is 324 Å². The number of benzene rings is 3. The maximum atomic E-state index is 6.27. The van der Waals surface area contributed by atoms with E-state index in [1.54, 1.807) is 26.6 Å². The molecule has 10 rings (SSSR count). The number of pyridine rings is 2. The van der Waals surface area contributed by atoms with Crippen molar-refractivity contribution in [3.05, 3.63) is 101 Å². The third-order valence-electron chi connectivity index (χ3n) is 10.2. The van der Waals surface area contributed by atoms with Crippen LogP contribution in [-0.2, 0) is 7.05 Å². The maximum absolute atomic E-state index is 6.27. The van der Waals surface area contributed by atoms with Crippen molar-refractivity contribution in [2.75, 3.05) is 19.5 Å². The second-order valence-corrected chi connectivity index (χ2v) is 13.9. The summed E-state index contributed by atoms with van der Waals surface area (Å²) in [4.78, 5) is 15.7. The first kappa shape index (κ1) is 34.9. The van der Waals surface area contributed by atoms with E-state index in [0.717, 1.165) is 123 Å². The van der Waals surface area contributed by atoms with Crippen LogP contribution in [-0.4, -0.2) is 54.2 Å². The van der Waals surface area contributed by atoms with Gasteiger partial charge < -0.3 is 33.8 Å². The van der Waals surface area contributed by atoms with E-state index in [0.29, 0.717) is 5.15 Å². The number of ether oxygens (including phenoxy) is 2.